The minimum atomic E-state index is -3.24. The first kappa shape index (κ1) is 21.6. The summed E-state index contributed by atoms with van der Waals surface area (Å²) in [6.45, 7) is 3.95. The first-order valence-corrected chi connectivity index (χ1v) is 12.1. The van der Waals surface area contributed by atoms with Crippen LogP contribution in [0.3, 0.4) is 0 Å². The molecule has 0 radical (unpaired) electrons. The number of hydrogen-bond acceptors (Lipinski definition) is 5. The lowest BCUT2D eigenvalue weighted by Crippen LogP contribution is -2.41. The summed E-state index contributed by atoms with van der Waals surface area (Å²) >= 11 is 3.43. The fourth-order valence-corrected chi connectivity index (χ4v) is 6.75. The Bertz CT molecular complexity index is 909. The molecule has 2 aliphatic heterocycles. The third-order valence-corrected chi connectivity index (χ3v) is 8.06. The van der Waals surface area contributed by atoms with Gasteiger partial charge in [0.25, 0.3) is 0 Å². The van der Waals surface area contributed by atoms with Gasteiger partial charge in [-0.1, -0.05) is 46.5 Å². The normalized spacial score (nSPS) is 24.6. The van der Waals surface area contributed by atoms with Gasteiger partial charge in [-0.15, -0.1) is 0 Å². The number of phenols is 1. The van der Waals surface area contributed by atoms with Crippen LogP contribution in [0.15, 0.2) is 39.4 Å². The summed E-state index contributed by atoms with van der Waals surface area (Å²) in [4.78, 5) is 0. The lowest BCUT2D eigenvalue weighted by molar-refractivity contribution is 0.169. The molecular weight excluding hydrogens is 443 g/mol. The van der Waals surface area contributed by atoms with Gasteiger partial charge in [0, 0.05) is 16.4 Å². The highest BCUT2D eigenvalue weighted by Crippen LogP contribution is 2.39. The van der Waals surface area contributed by atoms with Crippen molar-refractivity contribution in [2.75, 3.05) is 5.75 Å². The van der Waals surface area contributed by atoms with Crippen LogP contribution in [0.2, 0.25) is 6.32 Å². The average molecular weight is 469 g/mol. The number of phenolic OH excluding ortho intramolecular Hbond substituents is 1. The van der Waals surface area contributed by atoms with Crippen LogP contribution in [0.25, 0.3) is 6.08 Å². The van der Waals surface area contributed by atoms with Crippen molar-refractivity contribution in [2.45, 2.75) is 57.2 Å². The van der Waals surface area contributed by atoms with Crippen LogP contribution in [0.1, 0.15) is 45.1 Å². The van der Waals surface area contributed by atoms with E-state index in [0.29, 0.717) is 12.8 Å². The van der Waals surface area contributed by atoms with E-state index >= 15 is 0 Å². The third-order valence-electron chi connectivity index (χ3n) is 5.42. The molecule has 0 spiro atoms. The molecule has 28 heavy (non-hydrogen) atoms. The molecule has 1 fully saturated rings. The van der Waals surface area contributed by atoms with Crippen molar-refractivity contribution in [1.82, 2.24) is 0 Å². The second kappa shape index (κ2) is 8.73. The van der Waals surface area contributed by atoms with Crippen molar-refractivity contribution in [1.29, 1.82) is 0 Å². The van der Waals surface area contributed by atoms with Crippen LogP contribution >= 0.6 is 15.9 Å². The molecule has 1 aromatic rings. The molecule has 3 rings (SSSR count). The Morgan fingerprint density at radius 2 is 2.14 bits per heavy atom. The first-order chi connectivity index (χ1) is 13.2. The van der Waals surface area contributed by atoms with Crippen LogP contribution in [0, 0.1) is 0 Å². The van der Waals surface area contributed by atoms with E-state index in [9.17, 15) is 18.5 Å². The van der Waals surface area contributed by atoms with Gasteiger partial charge in [-0.3, -0.25) is 0 Å². The van der Waals surface area contributed by atoms with Crippen molar-refractivity contribution in [2.24, 2.45) is 0 Å². The number of hydrogen-bond donors (Lipinski definition) is 2. The van der Waals surface area contributed by atoms with E-state index in [0.717, 1.165) is 39.6 Å². The predicted octanol–water partition coefficient (Wildman–Crippen LogP) is 4.11. The molecule has 0 aliphatic carbocycles. The maximum atomic E-state index is 12.4. The summed E-state index contributed by atoms with van der Waals surface area (Å²) in [7, 11) is -4.29. The van der Waals surface area contributed by atoms with Gasteiger partial charge in [-0.05, 0) is 50.0 Å². The minimum Gasteiger partial charge on any atom is -0.507 e. The summed E-state index contributed by atoms with van der Waals surface area (Å²) in [5.41, 5.74) is 3.60. The van der Waals surface area contributed by atoms with Gasteiger partial charge in [0.2, 0.25) is 0 Å². The lowest BCUT2D eigenvalue weighted by atomic mass is 9.74. The summed E-state index contributed by atoms with van der Waals surface area (Å²) in [6, 6.07) is 5.32. The van der Waals surface area contributed by atoms with E-state index < -0.39 is 22.2 Å². The second-order valence-corrected chi connectivity index (χ2v) is 10.7. The maximum Gasteiger partial charge on any atom is 0.456 e. The van der Waals surface area contributed by atoms with Crippen molar-refractivity contribution < 1.29 is 23.2 Å². The van der Waals surface area contributed by atoms with Gasteiger partial charge in [0.15, 0.2) is 9.84 Å². The first-order valence-electron chi connectivity index (χ1n) is 9.64. The van der Waals surface area contributed by atoms with Crippen LogP contribution < -0.4 is 0 Å². The lowest BCUT2D eigenvalue weighted by Gasteiger charge is -2.32. The van der Waals surface area contributed by atoms with Crippen LogP contribution in [0.5, 0.6) is 5.75 Å². The highest BCUT2D eigenvalue weighted by Gasteiger charge is 2.47. The Morgan fingerprint density at radius 3 is 2.86 bits per heavy atom. The summed E-state index contributed by atoms with van der Waals surface area (Å²) in [5.74, 6) is 0.282. The topological polar surface area (TPSA) is 83.8 Å². The molecule has 0 bridgehead atoms. The zero-order chi connectivity index (χ0) is 20.5. The third kappa shape index (κ3) is 4.73. The van der Waals surface area contributed by atoms with Gasteiger partial charge >= 0.3 is 7.12 Å². The van der Waals surface area contributed by atoms with E-state index in [4.69, 9.17) is 4.65 Å². The minimum absolute atomic E-state index is 0.0587. The molecule has 2 aliphatic rings. The van der Waals surface area contributed by atoms with Gasteiger partial charge in [0.05, 0.1) is 17.1 Å². The van der Waals surface area contributed by atoms with Gasteiger partial charge < -0.3 is 14.8 Å². The standard InChI is InChI=1S/C20H26BBrO5S/c1-3-4-14(9-15-10-16(22)6-7-17(15)23)5-8-18-20-13(2)12-28(25,26)19(20)11-21(24)27-18/h6-7,9-10,18-19,23-24H,3-5,8,11-12H2,1-2H3/b14-9+/t18-,19+/m1/s1. The summed E-state index contributed by atoms with van der Waals surface area (Å²) < 4.78 is 31.4. The molecule has 2 N–H and O–H groups in total. The van der Waals surface area contributed by atoms with Crippen molar-refractivity contribution in [3.63, 3.8) is 0 Å². The molecule has 0 aromatic heterocycles. The SMILES string of the molecule is CCC/C(=C\c1cc(Br)ccc1O)CC[C@H]1OB(O)C[C@H]2C1=C(C)CS2(=O)=O. The molecule has 1 aromatic carbocycles. The second-order valence-electron chi connectivity index (χ2n) is 7.64. The monoisotopic (exact) mass is 468 g/mol. The van der Waals surface area contributed by atoms with E-state index in [1.807, 2.05) is 19.1 Å². The smallest absolute Gasteiger partial charge is 0.456 e. The zero-order valence-electron chi connectivity index (χ0n) is 16.2. The summed E-state index contributed by atoms with van der Waals surface area (Å²) in [5, 5.41) is 19.6. The molecule has 152 valence electrons. The Kier molecular flexibility index (Phi) is 6.74. The van der Waals surface area contributed by atoms with Crippen LogP contribution in [-0.4, -0.2) is 42.8 Å². The van der Waals surface area contributed by atoms with Crippen LogP contribution in [-0.2, 0) is 14.5 Å². The number of rotatable bonds is 6. The molecule has 0 saturated carbocycles. The largest absolute Gasteiger partial charge is 0.507 e. The molecule has 0 unspecified atom stereocenters. The molecule has 2 heterocycles. The maximum absolute atomic E-state index is 12.4. The molecule has 5 nitrogen and oxygen atoms in total. The highest BCUT2D eigenvalue weighted by atomic mass is 79.9. The van der Waals surface area contributed by atoms with E-state index in [1.54, 1.807) is 12.1 Å². The number of aromatic hydroxyl groups is 1. The number of sulfone groups is 1. The van der Waals surface area contributed by atoms with Crippen molar-refractivity contribution >= 4 is 39.0 Å². The molecular formula is C20H26BBrO5S. The average Bonchev–Trinajstić information content (AvgIpc) is 2.84. The predicted molar refractivity (Wildman–Crippen MR) is 116 cm³/mol. The Hall–Kier alpha value is -1.09. The molecule has 1 saturated heterocycles. The van der Waals surface area contributed by atoms with Crippen molar-refractivity contribution in [3.8, 4) is 5.75 Å². The number of allylic oxidation sites excluding steroid dienone is 1. The van der Waals surface area contributed by atoms with Gasteiger partial charge in [-0.25, -0.2) is 8.42 Å². The molecule has 2 atom stereocenters. The molecule has 0 amide bonds. The van der Waals surface area contributed by atoms with E-state index in [-0.39, 0.29) is 23.9 Å². The summed E-state index contributed by atoms with van der Waals surface area (Å²) in [6.07, 6.45) is 4.88. The van der Waals surface area contributed by atoms with Gasteiger partial charge in [0.1, 0.15) is 5.75 Å². The quantitative estimate of drug-likeness (QED) is 0.484. The zero-order valence-corrected chi connectivity index (χ0v) is 18.6. The van der Waals surface area contributed by atoms with E-state index in [1.165, 1.54) is 0 Å². The molecule has 8 heteroatoms. The Labute approximate surface area is 175 Å². The fourth-order valence-electron chi connectivity index (χ4n) is 4.20. The van der Waals surface area contributed by atoms with E-state index in [2.05, 4.69) is 22.9 Å². The Morgan fingerprint density at radius 1 is 1.39 bits per heavy atom. The van der Waals surface area contributed by atoms with Crippen molar-refractivity contribution in [3.05, 3.63) is 45.0 Å². The fraction of sp³-hybridized carbons (Fsp3) is 0.500. The van der Waals surface area contributed by atoms with Gasteiger partial charge in [-0.2, -0.15) is 0 Å². The Balaban J connectivity index is 1.80. The number of benzene rings is 1. The number of halogens is 1. The highest BCUT2D eigenvalue weighted by molar-refractivity contribution is 9.10. The van der Waals surface area contributed by atoms with Crippen LogP contribution in [0.4, 0.5) is 0 Å². The number of fused-ring (bicyclic) bond motifs is 1.